The summed E-state index contributed by atoms with van der Waals surface area (Å²) in [6.45, 7) is 1.85. The van der Waals surface area contributed by atoms with Gasteiger partial charge < -0.3 is 5.73 Å². The third kappa shape index (κ3) is 3.60. The standard InChI is InChI=1S/C10H14FNO2S/c1-8-2-3-10(11)6-9(8)7-15(13,14)5-4-12/h2-3,6H,4-5,7,12H2,1H3. The van der Waals surface area contributed by atoms with Gasteiger partial charge in [0.15, 0.2) is 9.84 Å². The molecule has 0 aliphatic carbocycles. The van der Waals surface area contributed by atoms with Crippen molar-refractivity contribution in [1.82, 2.24) is 0 Å². The molecule has 15 heavy (non-hydrogen) atoms. The van der Waals surface area contributed by atoms with E-state index in [0.29, 0.717) is 5.56 Å². The normalized spacial score (nSPS) is 11.7. The lowest BCUT2D eigenvalue weighted by Crippen LogP contribution is -2.17. The second-order valence-electron chi connectivity index (χ2n) is 3.45. The third-order valence-corrected chi connectivity index (χ3v) is 3.72. The first-order valence-electron chi connectivity index (χ1n) is 4.60. The van der Waals surface area contributed by atoms with Gasteiger partial charge in [-0.25, -0.2) is 12.8 Å². The van der Waals surface area contributed by atoms with Crippen LogP contribution in [-0.4, -0.2) is 20.7 Å². The molecule has 0 radical (unpaired) electrons. The van der Waals surface area contributed by atoms with Crippen LogP contribution in [0, 0.1) is 12.7 Å². The maximum Gasteiger partial charge on any atom is 0.155 e. The molecule has 5 heteroatoms. The lowest BCUT2D eigenvalue weighted by Gasteiger charge is -2.06. The van der Waals surface area contributed by atoms with E-state index in [4.69, 9.17) is 5.73 Å². The molecule has 0 aliphatic heterocycles. The molecule has 1 aromatic rings. The molecule has 0 saturated heterocycles. The highest BCUT2D eigenvalue weighted by atomic mass is 32.2. The van der Waals surface area contributed by atoms with Crippen molar-refractivity contribution < 1.29 is 12.8 Å². The number of hydrogen-bond donors (Lipinski definition) is 1. The van der Waals surface area contributed by atoms with E-state index in [9.17, 15) is 12.8 Å². The average Bonchev–Trinajstić information content (AvgIpc) is 2.10. The fraction of sp³-hybridized carbons (Fsp3) is 0.400. The van der Waals surface area contributed by atoms with Gasteiger partial charge in [0.05, 0.1) is 11.5 Å². The zero-order valence-electron chi connectivity index (χ0n) is 8.53. The average molecular weight is 231 g/mol. The van der Waals surface area contributed by atoms with Crippen molar-refractivity contribution in [3.05, 3.63) is 35.1 Å². The smallest absolute Gasteiger partial charge is 0.155 e. The molecule has 1 aromatic carbocycles. The van der Waals surface area contributed by atoms with Gasteiger partial charge in [0, 0.05) is 6.54 Å². The Morgan fingerprint density at radius 2 is 2.07 bits per heavy atom. The molecule has 2 N–H and O–H groups in total. The highest BCUT2D eigenvalue weighted by Gasteiger charge is 2.12. The first kappa shape index (κ1) is 12.1. The minimum absolute atomic E-state index is 0.0665. The quantitative estimate of drug-likeness (QED) is 0.841. The number of sulfone groups is 1. The molecule has 0 amide bonds. The van der Waals surface area contributed by atoms with Crippen LogP contribution in [0.25, 0.3) is 0 Å². The van der Waals surface area contributed by atoms with Crippen molar-refractivity contribution in [2.45, 2.75) is 12.7 Å². The van der Waals surface area contributed by atoms with Crippen molar-refractivity contribution in [1.29, 1.82) is 0 Å². The summed E-state index contributed by atoms with van der Waals surface area (Å²) in [4.78, 5) is 0. The van der Waals surface area contributed by atoms with Gasteiger partial charge in [-0.3, -0.25) is 0 Å². The van der Waals surface area contributed by atoms with E-state index in [1.807, 2.05) is 0 Å². The monoisotopic (exact) mass is 231 g/mol. The minimum atomic E-state index is -3.22. The number of aryl methyl sites for hydroxylation is 1. The first-order chi connectivity index (χ1) is 6.94. The highest BCUT2D eigenvalue weighted by Crippen LogP contribution is 2.13. The minimum Gasteiger partial charge on any atom is -0.329 e. The summed E-state index contributed by atoms with van der Waals surface area (Å²) in [6.07, 6.45) is 0. The van der Waals surface area contributed by atoms with E-state index in [1.54, 1.807) is 13.0 Å². The van der Waals surface area contributed by atoms with Crippen LogP contribution >= 0.6 is 0 Å². The zero-order valence-corrected chi connectivity index (χ0v) is 9.35. The first-order valence-corrected chi connectivity index (χ1v) is 6.42. The summed E-state index contributed by atoms with van der Waals surface area (Å²) in [5.41, 5.74) is 6.46. The van der Waals surface area contributed by atoms with E-state index in [0.717, 1.165) is 5.56 Å². The lowest BCUT2D eigenvalue weighted by atomic mass is 10.1. The third-order valence-electron chi connectivity index (χ3n) is 2.12. The van der Waals surface area contributed by atoms with Crippen molar-refractivity contribution >= 4 is 9.84 Å². The van der Waals surface area contributed by atoms with Crippen LogP contribution in [0.4, 0.5) is 4.39 Å². The number of nitrogens with two attached hydrogens (primary N) is 1. The van der Waals surface area contributed by atoms with Gasteiger partial charge in [0.25, 0.3) is 0 Å². The van der Waals surface area contributed by atoms with E-state index >= 15 is 0 Å². The predicted molar refractivity (Wildman–Crippen MR) is 57.7 cm³/mol. The fourth-order valence-corrected chi connectivity index (χ4v) is 2.57. The van der Waals surface area contributed by atoms with Gasteiger partial charge >= 0.3 is 0 Å². The summed E-state index contributed by atoms with van der Waals surface area (Å²) < 4.78 is 35.8. The Labute approximate surface area is 89.0 Å². The zero-order chi connectivity index (χ0) is 11.5. The van der Waals surface area contributed by atoms with E-state index in [2.05, 4.69) is 0 Å². The molecule has 0 atom stereocenters. The summed E-state index contributed by atoms with van der Waals surface area (Å²) in [5, 5.41) is 0. The molecular formula is C10H14FNO2S. The molecule has 84 valence electrons. The molecule has 3 nitrogen and oxygen atoms in total. The molecule has 0 spiro atoms. The second kappa shape index (κ2) is 4.72. The van der Waals surface area contributed by atoms with Gasteiger partial charge in [-0.15, -0.1) is 0 Å². The van der Waals surface area contributed by atoms with Crippen molar-refractivity contribution in [3.8, 4) is 0 Å². The van der Waals surface area contributed by atoms with Crippen LogP contribution in [0.1, 0.15) is 11.1 Å². The fourth-order valence-electron chi connectivity index (χ4n) is 1.28. The second-order valence-corrected chi connectivity index (χ2v) is 5.64. The molecule has 0 bridgehead atoms. The summed E-state index contributed by atoms with van der Waals surface area (Å²) >= 11 is 0. The van der Waals surface area contributed by atoms with Crippen LogP contribution in [0.15, 0.2) is 18.2 Å². The number of halogens is 1. The van der Waals surface area contributed by atoms with Crippen molar-refractivity contribution in [2.24, 2.45) is 5.73 Å². The summed E-state index contributed by atoms with van der Waals surface area (Å²) in [5.74, 6) is -0.630. The topological polar surface area (TPSA) is 60.2 Å². The van der Waals surface area contributed by atoms with Crippen molar-refractivity contribution in [2.75, 3.05) is 12.3 Å². The molecular weight excluding hydrogens is 217 g/mol. The number of benzene rings is 1. The number of hydrogen-bond acceptors (Lipinski definition) is 3. The summed E-state index contributed by atoms with van der Waals surface area (Å²) in [7, 11) is -3.22. The van der Waals surface area contributed by atoms with Crippen LogP contribution in [0.5, 0.6) is 0 Å². The van der Waals surface area contributed by atoms with Gasteiger partial charge in [0.2, 0.25) is 0 Å². The van der Waals surface area contributed by atoms with Gasteiger partial charge in [-0.05, 0) is 30.2 Å². The van der Waals surface area contributed by atoms with E-state index in [1.165, 1.54) is 12.1 Å². The van der Waals surface area contributed by atoms with E-state index in [-0.39, 0.29) is 18.1 Å². The van der Waals surface area contributed by atoms with Crippen LogP contribution in [0.2, 0.25) is 0 Å². The molecule has 0 heterocycles. The van der Waals surface area contributed by atoms with Crippen LogP contribution in [-0.2, 0) is 15.6 Å². The SMILES string of the molecule is Cc1ccc(F)cc1CS(=O)(=O)CCN. The molecule has 0 aliphatic rings. The highest BCUT2D eigenvalue weighted by molar-refractivity contribution is 7.90. The van der Waals surface area contributed by atoms with Gasteiger partial charge in [-0.2, -0.15) is 0 Å². The van der Waals surface area contributed by atoms with Crippen LogP contribution < -0.4 is 5.73 Å². The van der Waals surface area contributed by atoms with E-state index < -0.39 is 15.7 Å². The van der Waals surface area contributed by atoms with Gasteiger partial charge in [-0.1, -0.05) is 6.07 Å². The maximum absolute atomic E-state index is 12.9. The van der Waals surface area contributed by atoms with Crippen molar-refractivity contribution in [3.63, 3.8) is 0 Å². The van der Waals surface area contributed by atoms with Crippen LogP contribution in [0.3, 0.4) is 0 Å². The number of rotatable bonds is 4. The Bertz CT molecular complexity index is 443. The molecule has 0 fully saturated rings. The molecule has 0 aromatic heterocycles. The maximum atomic E-state index is 12.9. The Hall–Kier alpha value is -0.940. The Balaban J connectivity index is 2.94. The largest absolute Gasteiger partial charge is 0.329 e. The Morgan fingerprint density at radius 3 is 2.67 bits per heavy atom. The predicted octanol–water partition coefficient (Wildman–Crippen LogP) is 1.01. The summed E-state index contributed by atoms with van der Waals surface area (Å²) in [6, 6.07) is 4.14. The molecule has 0 unspecified atom stereocenters. The Kier molecular flexibility index (Phi) is 3.82. The van der Waals surface area contributed by atoms with Gasteiger partial charge in [0.1, 0.15) is 5.82 Å². The molecule has 0 saturated carbocycles. The molecule has 1 rings (SSSR count). The lowest BCUT2D eigenvalue weighted by molar-refractivity contribution is 0.594. The Morgan fingerprint density at radius 1 is 1.40 bits per heavy atom.